The Balaban J connectivity index is 1.62. The Morgan fingerprint density at radius 2 is 1.54 bits per heavy atom. The molecule has 0 bridgehead atoms. The molecule has 1 aromatic heterocycles. The van der Waals surface area contributed by atoms with Crippen molar-refractivity contribution in [2.75, 3.05) is 13.1 Å². The summed E-state index contributed by atoms with van der Waals surface area (Å²) in [6, 6.07) is 19.6. The van der Waals surface area contributed by atoms with Crippen LogP contribution < -0.4 is 0 Å². The number of carbonyl (C=O) groups excluding carboxylic acids is 1. The standard InChI is InChI=1S/C32H39N3O3S/c1-22(2)35(39(37,38)32-25(5)17-24(4)18-26(32)6)21-31(36)34(20-27-13-11-23(3)12-14-27)16-15-28-19-33-30-10-8-7-9-29(28)30/h7-14,17-19,22,33H,15-16,20-21H2,1-6H3. The van der Waals surface area contributed by atoms with Gasteiger partial charge >= 0.3 is 0 Å². The number of para-hydroxylation sites is 1. The molecule has 3 aromatic carbocycles. The Morgan fingerprint density at radius 1 is 0.897 bits per heavy atom. The van der Waals surface area contributed by atoms with E-state index in [1.807, 2.05) is 102 Å². The lowest BCUT2D eigenvalue weighted by molar-refractivity contribution is -0.132. The van der Waals surface area contributed by atoms with E-state index in [0.29, 0.717) is 35.5 Å². The zero-order valence-electron chi connectivity index (χ0n) is 23.8. The molecule has 4 rings (SSSR count). The molecule has 0 aliphatic rings. The van der Waals surface area contributed by atoms with Gasteiger partial charge in [-0.3, -0.25) is 4.79 Å². The summed E-state index contributed by atoms with van der Waals surface area (Å²) < 4.78 is 29.2. The zero-order valence-corrected chi connectivity index (χ0v) is 24.6. The van der Waals surface area contributed by atoms with E-state index in [0.717, 1.165) is 33.2 Å². The lowest BCUT2D eigenvalue weighted by Gasteiger charge is -2.30. The lowest BCUT2D eigenvalue weighted by atomic mass is 10.1. The minimum Gasteiger partial charge on any atom is -0.361 e. The summed E-state index contributed by atoms with van der Waals surface area (Å²) in [6.07, 6.45) is 2.65. The number of carbonyl (C=O) groups is 1. The zero-order chi connectivity index (χ0) is 28.3. The van der Waals surface area contributed by atoms with Crippen LogP contribution in [0.15, 0.2) is 71.8 Å². The Hall–Kier alpha value is -3.42. The molecule has 1 amide bonds. The number of fused-ring (bicyclic) bond motifs is 1. The number of sulfonamides is 1. The third kappa shape index (κ3) is 6.43. The largest absolute Gasteiger partial charge is 0.361 e. The van der Waals surface area contributed by atoms with Crippen LogP contribution in [0.5, 0.6) is 0 Å². The van der Waals surface area contributed by atoms with Gasteiger partial charge in [-0.1, -0.05) is 65.7 Å². The minimum absolute atomic E-state index is 0.213. The molecule has 39 heavy (non-hydrogen) atoms. The average molecular weight is 546 g/mol. The number of hydrogen-bond acceptors (Lipinski definition) is 3. The second kappa shape index (κ2) is 11.8. The molecule has 6 nitrogen and oxygen atoms in total. The number of nitrogens with zero attached hydrogens (tertiary/aromatic N) is 2. The van der Waals surface area contributed by atoms with Crippen LogP contribution in [0.25, 0.3) is 10.9 Å². The summed E-state index contributed by atoms with van der Waals surface area (Å²) in [5, 5.41) is 1.14. The van der Waals surface area contributed by atoms with E-state index in [4.69, 9.17) is 0 Å². The van der Waals surface area contributed by atoms with Crippen LogP contribution >= 0.6 is 0 Å². The van der Waals surface area contributed by atoms with Crippen LogP contribution in [0, 0.1) is 27.7 Å². The minimum atomic E-state index is -3.89. The van der Waals surface area contributed by atoms with Crippen LogP contribution in [0.3, 0.4) is 0 Å². The van der Waals surface area contributed by atoms with Crippen molar-refractivity contribution in [3.63, 3.8) is 0 Å². The Kier molecular flexibility index (Phi) is 8.62. The molecule has 0 aliphatic carbocycles. The van der Waals surface area contributed by atoms with Gasteiger partial charge in [-0.05, 0) is 76.3 Å². The maximum absolute atomic E-state index is 13.9. The SMILES string of the molecule is Cc1ccc(CN(CCc2c[nH]c3ccccc23)C(=O)CN(C(C)C)S(=O)(=O)c2c(C)cc(C)cc2C)cc1. The van der Waals surface area contributed by atoms with Gasteiger partial charge in [0.05, 0.1) is 11.4 Å². The number of rotatable bonds is 10. The molecule has 206 valence electrons. The molecule has 1 heterocycles. The second-order valence-electron chi connectivity index (χ2n) is 10.8. The number of hydrogen-bond donors (Lipinski definition) is 1. The van der Waals surface area contributed by atoms with Gasteiger partial charge in [-0.25, -0.2) is 8.42 Å². The van der Waals surface area contributed by atoms with Gasteiger partial charge in [-0.15, -0.1) is 0 Å². The first-order valence-corrected chi connectivity index (χ1v) is 14.9. The number of amides is 1. The monoisotopic (exact) mass is 545 g/mol. The number of nitrogens with one attached hydrogen (secondary N) is 1. The van der Waals surface area contributed by atoms with Crippen molar-refractivity contribution in [2.24, 2.45) is 0 Å². The summed E-state index contributed by atoms with van der Waals surface area (Å²) in [6.45, 7) is 11.9. The summed E-state index contributed by atoms with van der Waals surface area (Å²) >= 11 is 0. The van der Waals surface area contributed by atoms with E-state index in [9.17, 15) is 13.2 Å². The van der Waals surface area contributed by atoms with Crippen LogP contribution in [-0.4, -0.2) is 47.6 Å². The molecule has 0 saturated carbocycles. The van der Waals surface area contributed by atoms with Crippen LogP contribution in [0.1, 0.15) is 47.2 Å². The molecule has 0 spiro atoms. The van der Waals surface area contributed by atoms with E-state index in [1.54, 1.807) is 4.90 Å². The average Bonchev–Trinajstić information content (AvgIpc) is 3.28. The fraction of sp³-hybridized carbons (Fsp3) is 0.344. The first-order chi connectivity index (χ1) is 18.5. The van der Waals surface area contributed by atoms with Crippen molar-refractivity contribution in [1.29, 1.82) is 0 Å². The molecule has 0 fully saturated rings. The predicted octanol–water partition coefficient (Wildman–Crippen LogP) is 6.07. The normalized spacial score (nSPS) is 12.0. The molecule has 0 unspecified atom stereocenters. The summed E-state index contributed by atoms with van der Waals surface area (Å²) in [4.78, 5) is 19.2. The van der Waals surface area contributed by atoms with Crippen molar-refractivity contribution in [1.82, 2.24) is 14.2 Å². The molecule has 7 heteroatoms. The molecule has 1 N–H and O–H groups in total. The molecular weight excluding hydrogens is 506 g/mol. The number of aromatic nitrogens is 1. The number of benzene rings is 3. The van der Waals surface area contributed by atoms with E-state index in [1.165, 1.54) is 4.31 Å². The maximum Gasteiger partial charge on any atom is 0.244 e. The highest BCUT2D eigenvalue weighted by atomic mass is 32.2. The number of aryl methyl sites for hydroxylation is 4. The fourth-order valence-corrected chi connectivity index (χ4v) is 7.27. The van der Waals surface area contributed by atoms with E-state index in [-0.39, 0.29) is 18.5 Å². The molecular formula is C32H39N3O3S. The number of H-pyrrole nitrogens is 1. The second-order valence-corrected chi connectivity index (χ2v) is 12.6. The van der Waals surface area contributed by atoms with Crippen molar-refractivity contribution in [3.05, 3.63) is 100 Å². The Morgan fingerprint density at radius 3 is 2.18 bits per heavy atom. The first kappa shape index (κ1) is 28.6. The van der Waals surface area contributed by atoms with E-state index >= 15 is 0 Å². The van der Waals surface area contributed by atoms with Gasteiger partial charge in [0, 0.05) is 36.2 Å². The van der Waals surface area contributed by atoms with Crippen molar-refractivity contribution in [2.45, 2.75) is 65.4 Å². The van der Waals surface area contributed by atoms with E-state index in [2.05, 4.69) is 11.1 Å². The Labute approximate surface area is 232 Å². The van der Waals surface area contributed by atoms with Crippen LogP contribution in [-0.2, 0) is 27.8 Å². The van der Waals surface area contributed by atoms with Crippen molar-refractivity contribution >= 4 is 26.8 Å². The van der Waals surface area contributed by atoms with Crippen LogP contribution in [0.2, 0.25) is 0 Å². The first-order valence-electron chi connectivity index (χ1n) is 13.5. The summed E-state index contributed by atoms with van der Waals surface area (Å²) in [5.74, 6) is -0.213. The van der Waals surface area contributed by atoms with Crippen molar-refractivity contribution in [3.8, 4) is 0 Å². The molecule has 0 aliphatic heterocycles. The van der Waals surface area contributed by atoms with Crippen LogP contribution in [0.4, 0.5) is 0 Å². The Bertz CT molecular complexity index is 1550. The number of aromatic amines is 1. The van der Waals surface area contributed by atoms with Gasteiger partial charge in [-0.2, -0.15) is 4.31 Å². The quantitative estimate of drug-likeness (QED) is 0.263. The third-order valence-corrected chi connectivity index (χ3v) is 9.54. The molecule has 0 radical (unpaired) electrons. The highest BCUT2D eigenvalue weighted by Gasteiger charge is 2.33. The lowest BCUT2D eigenvalue weighted by Crippen LogP contribution is -2.46. The highest BCUT2D eigenvalue weighted by molar-refractivity contribution is 7.89. The van der Waals surface area contributed by atoms with E-state index < -0.39 is 10.0 Å². The summed E-state index contributed by atoms with van der Waals surface area (Å²) in [5.41, 5.74) is 6.75. The van der Waals surface area contributed by atoms with Gasteiger partial charge in [0.25, 0.3) is 0 Å². The topological polar surface area (TPSA) is 73.5 Å². The summed E-state index contributed by atoms with van der Waals surface area (Å²) in [7, 11) is -3.89. The molecule has 0 atom stereocenters. The fourth-order valence-electron chi connectivity index (χ4n) is 5.27. The predicted molar refractivity (Wildman–Crippen MR) is 158 cm³/mol. The van der Waals surface area contributed by atoms with Crippen molar-refractivity contribution < 1.29 is 13.2 Å². The third-order valence-electron chi connectivity index (χ3n) is 7.21. The van der Waals surface area contributed by atoms with Gasteiger partial charge in [0.1, 0.15) is 0 Å². The molecule has 0 saturated heterocycles. The van der Waals surface area contributed by atoms with Gasteiger partial charge in [0.2, 0.25) is 15.9 Å². The maximum atomic E-state index is 13.9. The van der Waals surface area contributed by atoms with Gasteiger partial charge in [0.15, 0.2) is 0 Å². The van der Waals surface area contributed by atoms with Gasteiger partial charge < -0.3 is 9.88 Å². The highest BCUT2D eigenvalue weighted by Crippen LogP contribution is 2.27. The smallest absolute Gasteiger partial charge is 0.244 e. The molecule has 4 aromatic rings.